The van der Waals surface area contributed by atoms with Gasteiger partial charge < -0.3 is 5.32 Å². The zero-order chi connectivity index (χ0) is 14.5. The molecule has 1 aliphatic rings. The summed E-state index contributed by atoms with van der Waals surface area (Å²) in [6.45, 7) is 4.17. The third-order valence-corrected chi connectivity index (χ3v) is 4.37. The average Bonchev–Trinajstić information content (AvgIpc) is 2.50. The highest BCUT2D eigenvalue weighted by Gasteiger charge is 2.22. The van der Waals surface area contributed by atoms with Crippen LogP contribution in [0.3, 0.4) is 0 Å². The van der Waals surface area contributed by atoms with Crippen LogP contribution in [0.4, 0.5) is 0 Å². The molecule has 1 saturated heterocycles. The fourth-order valence-corrected chi connectivity index (χ4v) is 3.29. The van der Waals surface area contributed by atoms with E-state index in [1.54, 1.807) is 0 Å². The predicted molar refractivity (Wildman–Crippen MR) is 89.2 cm³/mol. The zero-order valence-electron chi connectivity index (χ0n) is 12.0. The summed E-state index contributed by atoms with van der Waals surface area (Å²) < 4.78 is 1.05. The zero-order valence-corrected chi connectivity index (χ0v) is 13.6. The van der Waals surface area contributed by atoms with Crippen LogP contribution in [-0.4, -0.2) is 35.6 Å². The van der Waals surface area contributed by atoms with Gasteiger partial charge in [-0.1, -0.05) is 30.3 Å². The predicted octanol–water partition coefficient (Wildman–Crippen LogP) is 2.86. The van der Waals surface area contributed by atoms with Crippen molar-refractivity contribution >= 4 is 15.9 Å². The van der Waals surface area contributed by atoms with Crippen molar-refractivity contribution in [3.63, 3.8) is 0 Å². The standard InChI is InChI=1S/C17H20BrN3/c18-16-8-15(10-20-11-16)13-21-7-6-19-12-17(21)9-14-4-2-1-3-5-14/h1-5,8,10-11,17,19H,6-7,9,12-13H2. The molecule has 1 aliphatic heterocycles. The van der Waals surface area contributed by atoms with Crippen molar-refractivity contribution in [2.24, 2.45) is 0 Å². The van der Waals surface area contributed by atoms with E-state index in [0.717, 1.165) is 37.1 Å². The van der Waals surface area contributed by atoms with Gasteiger partial charge in [0.05, 0.1) is 0 Å². The lowest BCUT2D eigenvalue weighted by Crippen LogP contribution is -2.51. The molecule has 1 aromatic carbocycles. The molecular formula is C17H20BrN3. The summed E-state index contributed by atoms with van der Waals surface area (Å²) in [4.78, 5) is 6.83. The van der Waals surface area contributed by atoms with Crippen molar-refractivity contribution < 1.29 is 0 Å². The second-order valence-electron chi connectivity index (χ2n) is 5.53. The average molecular weight is 346 g/mol. The van der Waals surface area contributed by atoms with Gasteiger partial charge in [-0.2, -0.15) is 0 Å². The van der Waals surface area contributed by atoms with Gasteiger partial charge in [0.1, 0.15) is 0 Å². The first-order chi connectivity index (χ1) is 10.3. The second kappa shape index (κ2) is 7.16. The van der Waals surface area contributed by atoms with Crippen LogP contribution in [0, 0.1) is 0 Å². The quantitative estimate of drug-likeness (QED) is 0.923. The Labute approximate surface area is 134 Å². The lowest BCUT2D eigenvalue weighted by atomic mass is 10.0. The lowest BCUT2D eigenvalue weighted by Gasteiger charge is -2.36. The number of nitrogens with one attached hydrogen (secondary N) is 1. The largest absolute Gasteiger partial charge is 0.314 e. The van der Waals surface area contributed by atoms with Gasteiger partial charge in [0.15, 0.2) is 0 Å². The number of halogens is 1. The second-order valence-corrected chi connectivity index (χ2v) is 6.45. The molecule has 1 atom stereocenters. The van der Waals surface area contributed by atoms with Crippen molar-refractivity contribution in [1.82, 2.24) is 15.2 Å². The van der Waals surface area contributed by atoms with Crippen LogP contribution in [0.25, 0.3) is 0 Å². The highest BCUT2D eigenvalue weighted by atomic mass is 79.9. The Kier molecular flexibility index (Phi) is 5.01. The molecular weight excluding hydrogens is 326 g/mol. The fraction of sp³-hybridized carbons (Fsp3) is 0.353. The first-order valence-corrected chi connectivity index (χ1v) is 8.19. The third kappa shape index (κ3) is 4.13. The van der Waals surface area contributed by atoms with E-state index in [4.69, 9.17) is 0 Å². The van der Waals surface area contributed by atoms with Gasteiger partial charge in [0, 0.05) is 49.1 Å². The molecule has 4 heteroatoms. The minimum absolute atomic E-state index is 0.542. The van der Waals surface area contributed by atoms with Gasteiger partial charge >= 0.3 is 0 Å². The minimum Gasteiger partial charge on any atom is -0.314 e. The van der Waals surface area contributed by atoms with E-state index >= 15 is 0 Å². The molecule has 1 unspecified atom stereocenters. The first kappa shape index (κ1) is 14.7. The molecule has 0 bridgehead atoms. The highest BCUT2D eigenvalue weighted by molar-refractivity contribution is 9.10. The van der Waals surface area contributed by atoms with E-state index in [2.05, 4.69) is 67.5 Å². The molecule has 1 fully saturated rings. The number of hydrogen-bond acceptors (Lipinski definition) is 3. The number of pyridine rings is 1. The maximum atomic E-state index is 4.27. The molecule has 0 aliphatic carbocycles. The Hall–Kier alpha value is -1.23. The van der Waals surface area contributed by atoms with Crippen LogP contribution >= 0.6 is 15.9 Å². The van der Waals surface area contributed by atoms with Gasteiger partial charge in [0.25, 0.3) is 0 Å². The Balaban J connectivity index is 1.69. The summed E-state index contributed by atoms with van der Waals surface area (Å²) in [7, 11) is 0. The van der Waals surface area contributed by atoms with Crippen molar-refractivity contribution in [1.29, 1.82) is 0 Å². The maximum absolute atomic E-state index is 4.27. The number of nitrogens with zero attached hydrogens (tertiary/aromatic N) is 2. The van der Waals surface area contributed by atoms with Gasteiger partial charge in [-0.3, -0.25) is 9.88 Å². The molecule has 3 nitrogen and oxygen atoms in total. The fourth-order valence-electron chi connectivity index (χ4n) is 2.88. The van der Waals surface area contributed by atoms with Crippen LogP contribution in [0.5, 0.6) is 0 Å². The highest BCUT2D eigenvalue weighted by Crippen LogP contribution is 2.16. The number of piperazine rings is 1. The first-order valence-electron chi connectivity index (χ1n) is 7.39. The summed E-state index contributed by atoms with van der Waals surface area (Å²) in [6.07, 6.45) is 4.89. The monoisotopic (exact) mass is 345 g/mol. The number of rotatable bonds is 4. The minimum atomic E-state index is 0.542. The van der Waals surface area contributed by atoms with Crippen molar-refractivity contribution in [3.05, 3.63) is 64.4 Å². The summed E-state index contributed by atoms with van der Waals surface area (Å²) in [6, 6.07) is 13.4. The van der Waals surface area contributed by atoms with Gasteiger partial charge in [-0.25, -0.2) is 0 Å². The van der Waals surface area contributed by atoms with E-state index in [1.807, 2.05) is 12.4 Å². The van der Waals surface area contributed by atoms with E-state index in [0.29, 0.717) is 6.04 Å². The number of benzene rings is 1. The summed E-state index contributed by atoms with van der Waals surface area (Å²) in [5.74, 6) is 0. The summed E-state index contributed by atoms with van der Waals surface area (Å²) >= 11 is 3.50. The Morgan fingerprint density at radius 3 is 2.86 bits per heavy atom. The molecule has 21 heavy (non-hydrogen) atoms. The molecule has 110 valence electrons. The summed E-state index contributed by atoms with van der Waals surface area (Å²) in [5.41, 5.74) is 2.67. The SMILES string of the molecule is Brc1cncc(CN2CCNCC2Cc2ccccc2)c1. The van der Waals surface area contributed by atoms with Gasteiger partial charge in [0.2, 0.25) is 0 Å². The molecule has 0 spiro atoms. The Morgan fingerprint density at radius 2 is 2.05 bits per heavy atom. The summed E-state index contributed by atoms with van der Waals surface area (Å²) in [5, 5.41) is 3.52. The molecule has 2 aromatic rings. The van der Waals surface area contributed by atoms with Crippen LogP contribution < -0.4 is 5.32 Å². The van der Waals surface area contributed by atoms with E-state index < -0.39 is 0 Å². The number of hydrogen-bond donors (Lipinski definition) is 1. The van der Waals surface area contributed by atoms with E-state index in [1.165, 1.54) is 11.1 Å². The normalized spacial score (nSPS) is 19.6. The topological polar surface area (TPSA) is 28.2 Å². The lowest BCUT2D eigenvalue weighted by molar-refractivity contribution is 0.152. The van der Waals surface area contributed by atoms with Crippen LogP contribution in [0.2, 0.25) is 0 Å². The Morgan fingerprint density at radius 1 is 1.19 bits per heavy atom. The van der Waals surface area contributed by atoms with Crippen LogP contribution in [0.15, 0.2) is 53.3 Å². The van der Waals surface area contributed by atoms with Crippen molar-refractivity contribution in [2.75, 3.05) is 19.6 Å². The van der Waals surface area contributed by atoms with Crippen LogP contribution in [0.1, 0.15) is 11.1 Å². The maximum Gasteiger partial charge on any atom is 0.0410 e. The van der Waals surface area contributed by atoms with Crippen LogP contribution in [-0.2, 0) is 13.0 Å². The third-order valence-electron chi connectivity index (χ3n) is 3.93. The van der Waals surface area contributed by atoms with Crippen molar-refractivity contribution in [3.8, 4) is 0 Å². The number of aromatic nitrogens is 1. The molecule has 1 aromatic heterocycles. The van der Waals surface area contributed by atoms with E-state index in [9.17, 15) is 0 Å². The Bertz CT molecular complexity index is 573. The smallest absolute Gasteiger partial charge is 0.0410 e. The molecule has 2 heterocycles. The molecule has 1 N–H and O–H groups in total. The molecule has 0 radical (unpaired) electrons. The molecule has 0 saturated carbocycles. The van der Waals surface area contributed by atoms with Crippen molar-refractivity contribution in [2.45, 2.75) is 19.0 Å². The molecule has 0 amide bonds. The van der Waals surface area contributed by atoms with Gasteiger partial charge in [-0.15, -0.1) is 0 Å². The van der Waals surface area contributed by atoms with E-state index in [-0.39, 0.29) is 0 Å². The van der Waals surface area contributed by atoms with Gasteiger partial charge in [-0.05, 0) is 39.5 Å². The molecule has 3 rings (SSSR count).